The van der Waals surface area contributed by atoms with Gasteiger partial charge in [0, 0.05) is 0 Å². The predicted molar refractivity (Wildman–Crippen MR) is 127 cm³/mol. The van der Waals surface area contributed by atoms with Crippen molar-refractivity contribution in [2.45, 2.75) is 62.0 Å². The van der Waals surface area contributed by atoms with Crippen LogP contribution in [0.15, 0.2) is 72.8 Å². The van der Waals surface area contributed by atoms with Crippen molar-refractivity contribution in [2.24, 2.45) is 0 Å². The number of aryl methyl sites for hydroxylation is 2. The monoisotopic (exact) mass is 394 g/mol. The van der Waals surface area contributed by atoms with Gasteiger partial charge >= 0.3 is 0 Å². The molecule has 158 valence electrons. The second kappa shape index (κ2) is 16.4. The lowest BCUT2D eigenvalue weighted by molar-refractivity contribution is -0.217. The highest BCUT2D eigenvalue weighted by Gasteiger charge is 2.00. The van der Waals surface area contributed by atoms with Gasteiger partial charge in [0.05, 0.1) is 0 Å². The lowest BCUT2D eigenvalue weighted by Gasteiger charge is -2.07. The van der Waals surface area contributed by atoms with Crippen molar-refractivity contribution in [3.63, 3.8) is 0 Å². The minimum absolute atomic E-state index is 0.419. The molecule has 0 spiro atoms. The van der Waals surface area contributed by atoms with Crippen molar-refractivity contribution in [2.75, 3.05) is 0 Å². The lowest BCUT2D eigenvalue weighted by atomic mass is 10.0. The molecule has 3 rings (SSSR count). The van der Waals surface area contributed by atoms with Crippen LogP contribution in [0.2, 0.25) is 0 Å². The molecule has 0 saturated carbocycles. The minimum Gasteiger partial charge on any atom is -0.337 e. The summed E-state index contributed by atoms with van der Waals surface area (Å²) in [6, 6.07) is 24.7. The molecule has 0 fully saturated rings. The second-order valence-electron chi connectivity index (χ2n) is 5.72. The molecule has 29 heavy (non-hydrogen) atoms. The summed E-state index contributed by atoms with van der Waals surface area (Å²) in [5.41, 5.74) is 5.97. The fourth-order valence-corrected chi connectivity index (χ4v) is 2.30. The first-order valence-electron chi connectivity index (χ1n) is 10.7. The first-order valence-corrected chi connectivity index (χ1v) is 10.7. The Morgan fingerprint density at radius 3 is 1.34 bits per heavy atom. The van der Waals surface area contributed by atoms with Crippen molar-refractivity contribution in [1.82, 2.24) is 0 Å². The van der Waals surface area contributed by atoms with Crippen LogP contribution in [0.25, 0.3) is 11.1 Å². The van der Waals surface area contributed by atoms with E-state index in [4.69, 9.17) is 9.78 Å². The van der Waals surface area contributed by atoms with Gasteiger partial charge in [0.15, 0.2) is 5.75 Å². The Bertz CT molecular complexity index is 742. The number of hydrogen-bond acceptors (Lipinski definition) is 2. The quantitative estimate of drug-likeness (QED) is 0.319. The van der Waals surface area contributed by atoms with Crippen LogP contribution < -0.4 is 4.89 Å². The highest BCUT2D eigenvalue weighted by atomic mass is 17.2. The molecule has 0 aliphatic carbocycles. The van der Waals surface area contributed by atoms with Gasteiger partial charge < -0.3 is 4.89 Å². The van der Waals surface area contributed by atoms with Gasteiger partial charge in [-0.3, -0.25) is 0 Å². The summed E-state index contributed by atoms with van der Waals surface area (Å²) < 4.78 is 0. The third-order valence-corrected chi connectivity index (χ3v) is 3.74. The maximum absolute atomic E-state index is 5.31. The van der Waals surface area contributed by atoms with Gasteiger partial charge in [-0.2, -0.15) is 4.89 Å². The first kappa shape index (κ1) is 26.4. The van der Waals surface area contributed by atoms with Crippen LogP contribution in [0, 0.1) is 13.8 Å². The van der Waals surface area contributed by atoms with Gasteiger partial charge in [0.1, 0.15) is 6.61 Å². The zero-order valence-corrected chi connectivity index (χ0v) is 19.5. The van der Waals surface area contributed by atoms with E-state index in [2.05, 4.69) is 55.5 Å². The van der Waals surface area contributed by atoms with E-state index < -0.39 is 0 Å². The van der Waals surface area contributed by atoms with Crippen LogP contribution in [0.5, 0.6) is 5.75 Å². The first-order chi connectivity index (χ1) is 14.2. The topological polar surface area (TPSA) is 18.5 Å². The molecule has 2 nitrogen and oxygen atoms in total. The van der Waals surface area contributed by atoms with Crippen LogP contribution in [0.1, 0.15) is 58.2 Å². The molecule has 0 amide bonds. The second-order valence-corrected chi connectivity index (χ2v) is 5.72. The zero-order valence-electron chi connectivity index (χ0n) is 19.5. The Hall–Kier alpha value is -2.58. The van der Waals surface area contributed by atoms with Crippen LogP contribution in [0.4, 0.5) is 0 Å². The average Bonchev–Trinajstić information content (AvgIpc) is 2.80. The summed E-state index contributed by atoms with van der Waals surface area (Å²) in [6.45, 7) is 16.6. The molecule has 3 aromatic rings. The molecular formula is C27H38O2. The number of rotatable bonds is 5. The zero-order chi connectivity index (χ0) is 22.1. The molecule has 0 N–H and O–H groups in total. The van der Waals surface area contributed by atoms with Crippen molar-refractivity contribution < 1.29 is 9.78 Å². The Morgan fingerprint density at radius 1 is 0.517 bits per heavy atom. The smallest absolute Gasteiger partial charge is 0.165 e. The van der Waals surface area contributed by atoms with E-state index in [9.17, 15) is 0 Å². The van der Waals surface area contributed by atoms with E-state index in [1.165, 1.54) is 22.3 Å². The molecule has 0 bridgehead atoms. The fourth-order valence-electron chi connectivity index (χ4n) is 2.30. The Morgan fingerprint density at radius 2 is 0.897 bits per heavy atom. The van der Waals surface area contributed by atoms with E-state index in [0.29, 0.717) is 12.4 Å². The third-order valence-electron chi connectivity index (χ3n) is 3.74. The van der Waals surface area contributed by atoms with Gasteiger partial charge in [-0.25, -0.2) is 0 Å². The highest BCUT2D eigenvalue weighted by Crippen LogP contribution is 2.20. The molecule has 0 radical (unpaired) electrons. The normalized spacial score (nSPS) is 8.97. The molecule has 0 aromatic heterocycles. The standard InChI is InChI=1S/C21H20O2.3C2H6/c1-16-3-9-19(10-4-16)20-11-7-18(8-12-20)15-22-23-21-13-5-17(2)6-14-21;3*1-2/h3-14H,15H2,1-2H3;3*1-2H3. The van der Waals surface area contributed by atoms with E-state index in [0.717, 1.165) is 5.56 Å². The molecule has 0 atom stereocenters. The Labute approximate surface area is 178 Å². The molecule has 0 aliphatic heterocycles. The lowest BCUT2D eigenvalue weighted by Crippen LogP contribution is -1.97. The number of benzene rings is 3. The molecule has 0 aliphatic rings. The van der Waals surface area contributed by atoms with E-state index >= 15 is 0 Å². The SMILES string of the molecule is CC.CC.CC.Cc1ccc(OOCc2ccc(-c3ccc(C)cc3)cc2)cc1. The molecule has 0 unspecified atom stereocenters. The van der Waals surface area contributed by atoms with E-state index in [1.54, 1.807) is 0 Å². The van der Waals surface area contributed by atoms with Gasteiger partial charge in [0.25, 0.3) is 0 Å². The summed E-state index contributed by atoms with van der Waals surface area (Å²) in [5.74, 6) is 0.715. The van der Waals surface area contributed by atoms with Gasteiger partial charge in [0.2, 0.25) is 0 Å². The van der Waals surface area contributed by atoms with Gasteiger partial charge in [-0.15, -0.1) is 0 Å². The summed E-state index contributed by atoms with van der Waals surface area (Å²) >= 11 is 0. The van der Waals surface area contributed by atoms with Crippen LogP contribution in [0.3, 0.4) is 0 Å². The summed E-state index contributed by atoms with van der Waals surface area (Å²) in [6.07, 6.45) is 0. The summed E-state index contributed by atoms with van der Waals surface area (Å²) in [5, 5.41) is 0. The summed E-state index contributed by atoms with van der Waals surface area (Å²) in [7, 11) is 0. The predicted octanol–water partition coefficient (Wildman–Crippen LogP) is 8.56. The van der Waals surface area contributed by atoms with E-state index in [-0.39, 0.29) is 0 Å². The van der Waals surface area contributed by atoms with Gasteiger partial charge in [-0.05, 0) is 42.7 Å². The Balaban J connectivity index is 0.00000120. The van der Waals surface area contributed by atoms with Crippen LogP contribution in [-0.4, -0.2) is 0 Å². The number of hydrogen-bond donors (Lipinski definition) is 0. The van der Waals surface area contributed by atoms with Gasteiger partial charge in [-0.1, -0.05) is 113 Å². The highest BCUT2D eigenvalue weighted by molar-refractivity contribution is 5.63. The van der Waals surface area contributed by atoms with Crippen molar-refractivity contribution in [3.8, 4) is 16.9 Å². The van der Waals surface area contributed by atoms with Crippen molar-refractivity contribution >= 4 is 0 Å². The molecule has 0 saturated heterocycles. The minimum atomic E-state index is 0.419. The average molecular weight is 395 g/mol. The maximum Gasteiger partial charge on any atom is 0.165 e. The van der Waals surface area contributed by atoms with E-state index in [1.807, 2.05) is 72.7 Å². The third kappa shape index (κ3) is 9.96. The maximum atomic E-state index is 5.31. The largest absolute Gasteiger partial charge is 0.337 e. The van der Waals surface area contributed by atoms with Crippen LogP contribution >= 0.6 is 0 Å². The molecule has 2 heteroatoms. The molecule has 3 aromatic carbocycles. The summed E-state index contributed by atoms with van der Waals surface area (Å²) in [4.78, 5) is 10.6. The molecular weight excluding hydrogens is 356 g/mol. The van der Waals surface area contributed by atoms with Crippen molar-refractivity contribution in [1.29, 1.82) is 0 Å². The van der Waals surface area contributed by atoms with Crippen molar-refractivity contribution in [3.05, 3.63) is 89.5 Å². The fraction of sp³-hybridized carbons (Fsp3) is 0.333. The Kier molecular flexibility index (Phi) is 14.9. The molecule has 0 heterocycles. The van der Waals surface area contributed by atoms with Crippen LogP contribution in [-0.2, 0) is 11.5 Å².